The Morgan fingerprint density at radius 2 is 2.14 bits per heavy atom. The number of unbranched alkanes of at least 4 members (excludes halogenated alkanes) is 1. The molecule has 0 radical (unpaired) electrons. The van der Waals surface area contributed by atoms with Crippen LogP contribution in [0.25, 0.3) is 0 Å². The van der Waals surface area contributed by atoms with Gasteiger partial charge in [0.05, 0.1) is 0 Å². The van der Waals surface area contributed by atoms with Crippen molar-refractivity contribution in [2.75, 3.05) is 26.7 Å². The first kappa shape index (κ1) is 13.4. The van der Waals surface area contributed by atoms with E-state index in [0.717, 1.165) is 19.4 Å². The number of aliphatic carboxylic acids is 1. The minimum absolute atomic E-state index is 0.443. The number of nitrogens with zero attached hydrogens (tertiary/aromatic N) is 1. The molecule has 1 atom stereocenters. The van der Waals surface area contributed by atoms with E-state index in [2.05, 4.69) is 6.92 Å². The molecule has 0 saturated carbocycles. The molecule has 0 fully saturated rings. The highest BCUT2D eigenvalue weighted by molar-refractivity contribution is 5.72. The summed E-state index contributed by atoms with van der Waals surface area (Å²) < 4.78 is 5.11. The maximum atomic E-state index is 10.7. The van der Waals surface area contributed by atoms with Crippen LogP contribution in [0.4, 0.5) is 0 Å². The standard InChI is InChI=1S/C10H21NO3/c1-4-6-7-11(3)8-9(10(12)13)14-5-2/h9H,4-8H2,1-3H3,(H,12,13). The zero-order chi connectivity index (χ0) is 11.0. The molecule has 0 rings (SSSR count). The Balaban J connectivity index is 3.83. The monoisotopic (exact) mass is 203 g/mol. The van der Waals surface area contributed by atoms with Crippen LogP contribution in [0.5, 0.6) is 0 Å². The van der Waals surface area contributed by atoms with Crippen molar-refractivity contribution < 1.29 is 14.6 Å². The van der Waals surface area contributed by atoms with E-state index in [1.54, 1.807) is 0 Å². The average Bonchev–Trinajstić information content (AvgIpc) is 2.14. The fourth-order valence-corrected chi connectivity index (χ4v) is 1.21. The second-order valence-electron chi connectivity index (χ2n) is 3.40. The van der Waals surface area contributed by atoms with Crippen molar-refractivity contribution in [3.63, 3.8) is 0 Å². The highest BCUT2D eigenvalue weighted by Gasteiger charge is 2.18. The highest BCUT2D eigenvalue weighted by Crippen LogP contribution is 1.98. The molecule has 14 heavy (non-hydrogen) atoms. The smallest absolute Gasteiger partial charge is 0.334 e. The zero-order valence-electron chi connectivity index (χ0n) is 9.32. The van der Waals surface area contributed by atoms with Crippen molar-refractivity contribution in [3.8, 4) is 0 Å². The summed E-state index contributed by atoms with van der Waals surface area (Å²) in [5.41, 5.74) is 0. The summed E-state index contributed by atoms with van der Waals surface area (Å²) in [4.78, 5) is 12.7. The van der Waals surface area contributed by atoms with Gasteiger partial charge in [-0.3, -0.25) is 0 Å². The van der Waals surface area contributed by atoms with Crippen LogP contribution in [-0.4, -0.2) is 48.8 Å². The van der Waals surface area contributed by atoms with Crippen LogP contribution in [0.15, 0.2) is 0 Å². The number of carbonyl (C=O) groups is 1. The van der Waals surface area contributed by atoms with Crippen LogP contribution >= 0.6 is 0 Å². The lowest BCUT2D eigenvalue weighted by Gasteiger charge is -2.20. The number of ether oxygens (including phenoxy) is 1. The maximum absolute atomic E-state index is 10.7. The lowest BCUT2D eigenvalue weighted by Crippen LogP contribution is -2.37. The number of carboxylic acid groups (broad SMARTS) is 1. The van der Waals surface area contributed by atoms with Gasteiger partial charge in [-0.1, -0.05) is 13.3 Å². The molecule has 0 aliphatic heterocycles. The molecule has 84 valence electrons. The van der Waals surface area contributed by atoms with E-state index >= 15 is 0 Å². The van der Waals surface area contributed by atoms with Crippen molar-refractivity contribution >= 4 is 5.97 Å². The van der Waals surface area contributed by atoms with Gasteiger partial charge in [0.25, 0.3) is 0 Å². The fraction of sp³-hybridized carbons (Fsp3) is 0.900. The van der Waals surface area contributed by atoms with Crippen molar-refractivity contribution in [1.82, 2.24) is 4.90 Å². The van der Waals surface area contributed by atoms with E-state index in [1.165, 1.54) is 0 Å². The summed E-state index contributed by atoms with van der Waals surface area (Å²) in [6.07, 6.45) is 1.52. The second-order valence-corrected chi connectivity index (χ2v) is 3.40. The predicted molar refractivity (Wildman–Crippen MR) is 55.5 cm³/mol. The zero-order valence-corrected chi connectivity index (χ0v) is 9.32. The third-order valence-corrected chi connectivity index (χ3v) is 2.01. The van der Waals surface area contributed by atoms with Gasteiger partial charge in [0, 0.05) is 13.2 Å². The Bertz CT molecular complexity index is 161. The lowest BCUT2D eigenvalue weighted by atomic mass is 10.3. The molecule has 0 aromatic carbocycles. The van der Waals surface area contributed by atoms with E-state index < -0.39 is 12.1 Å². The highest BCUT2D eigenvalue weighted by atomic mass is 16.5. The molecule has 0 saturated heterocycles. The Labute approximate surface area is 85.9 Å². The van der Waals surface area contributed by atoms with Crippen LogP contribution in [0.3, 0.4) is 0 Å². The van der Waals surface area contributed by atoms with E-state index in [0.29, 0.717) is 13.2 Å². The van der Waals surface area contributed by atoms with Crippen molar-refractivity contribution in [2.45, 2.75) is 32.8 Å². The minimum atomic E-state index is -0.879. The first-order valence-electron chi connectivity index (χ1n) is 5.14. The summed E-state index contributed by atoms with van der Waals surface area (Å²) in [5.74, 6) is -0.879. The third-order valence-electron chi connectivity index (χ3n) is 2.01. The molecule has 4 heteroatoms. The largest absolute Gasteiger partial charge is 0.479 e. The molecular formula is C10H21NO3. The van der Waals surface area contributed by atoms with Gasteiger partial charge in [0.15, 0.2) is 6.10 Å². The summed E-state index contributed by atoms with van der Waals surface area (Å²) in [7, 11) is 1.92. The van der Waals surface area contributed by atoms with Gasteiger partial charge >= 0.3 is 5.97 Å². The number of rotatable bonds is 8. The van der Waals surface area contributed by atoms with Crippen LogP contribution in [0.2, 0.25) is 0 Å². The van der Waals surface area contributed by atoms with Gasteiger partial charge in [-0.05, 0) is 26.9 Å². The van der Waals surface area contributed by atoms with E-state index in [-0.39, 0.29) is 0 Å². The van der Waals surface area contributed by atoms with Crippen LogP contribution < -0.4 is 0 Å². The Morgan fingerprint density at radius 1 is 1.50 bits per heavy atom. The molecule has 0 aromatic heterocycles. The summed E-state index contributed by atoms with van der Waals surface area (Å²) >= 11 is 0. The first-order chi connectivity index (χ1) is 6.61. The molecule has 0 heterocycles. The molecule has 4 nitrogen and oxygen atoms in total. The summed E-state index contributed by atoms with van der Waals surface area (Å²) in [6.45, 7) is 5.75. The average molecular weight is 203 g/mol. The van der Waals surface area contributed by atoms with E-state index in [1.807, 2.05) is 18.9 Å². The van der Waals surface area contributed by atoms with Gasteiger partial charge in [0.1, 0.15) is 0 Å². The van der Waals surface area contributed by atoms with Gasteiger partial charge in [-0.15, -0.1) is 0 Å². The number of hydrogen-bond donors (Lipinski definition) is 1. The van der Waals surface area contributed by atoms with Crippen molar-refractivity contribution in [1.29, 1.82) is 0 Å². The molecule has 0 spiro atoms. The molecule has 1 N–H and O–H groups in total. The van der Waals surface area contributed by atoms with Gasteiger partial charge in [-0.25, -0.2) is 4.79 Å². The Morgan fingerprint density at radius 3 is 2.57 bits per heavy atom. The van der Waals surface area contributed by atoms with Crippen LogP contribution in [0.1, 0.15) is 26.7 Å². The Hall–Kier alpha value is -0.610. The van der Waals surface area contributed by atoms with Crippen molar-refractivity contribution in [2.24, 2.45) is 0 Å². The SMILES string of the molecule is CCCCN(C)CC(OCC)C(=O)O. The molecule has 0 bridgehead atoms. The molecule has 0 aromatic rings. The Kier molecular flexibility index (Phi) is 7.42. The quantitative estimate of drug-likeness (QED) is 0.644. The third kappa shape index (κ3) is 5.94. The van der Waals surface area contributed by atoms with Crippen LogP contribution in [-0.2, 0) is 9.53 Å². The molecule has 0 aliphatic rings. The van der Waals surface area contributed by atoms with Crippen LogP contribution in [0, 0.1) is 0 Å². The number of hydrogen-bond acceptors (Lipinski definition) is 3. The molecule has 1 unspecified atom stereocenters. The lowest BCUT2D eigenvalue weighted by molar-refractivity contribution is -0.151. The fourth-order valence-electron chi connectivity index (χ4n) is 1.21. The van der Waals surface area contributed by atoms with Gasteiger partial charge < -0.3 is 14.7 Å². The second kappa shape index (κ2) is 7.76. The summed E-state index contributed by atoms with van der Waals surface area (Å²) in [6, 6.07) is 0. The van der Waals surface area contributed by atoms with Gasteiger partial charge in [-0.2, -0.15) is 0 Å². The maximum Gasteiger partial charge on any atom is 0.334 e. The normalized spacial score (nSPS) is 13.1. The first-order valence-corrected chi connectivity index (χ1v) is 5.14. The number of likely N-dealkylation sites (N-methyl/N-ethyl adjacent to an activating group) is 1. The van der Waals surface area contributed by atoms with Gasteiger partial charge in [0.2, 0.25) is 0 Å². The van der Waals surface area contributed by atoms with E-state index in [4.69, 9.17) is 9.84 Å². The number of carboxylic acids is 1. The predicted octanol–water partition coefficient (Wildman–Crippen LogP) is 1.21. The topological polar surface area (TPSA) is 49.8 Å². The molecule has 0 amide bonds. The molecule has 0 aliphatic carbocycles. The van der Waals surface area contributed by atoms with E-state index in [9.17, 15) is 4.79 Å². The molecular weight excluding hydrogens is 182 g/mol. The minimum Gasteiger partial charge on any atom is -0.479 e. The van der Waals surface area contributed by atoms with Crippen molar-refractivity contribution in [3.05, 3.63) is 0 Å². The summed E-state index contributed by atoms with van der Waals surface area (Å²) in [5, 5.41) is 8.83.